The van der Waals surface area contributed by atoms with Gasteiger partial charge in [-0.2, -0.15) is 0 Å². The summed E-state index contributed by atoms with van der Waals surface area (Å²) >= 11 is 11.9. The van der Waals surface area contributed by atoms with Crippen LogP contribution in [0.25, 0.3) is 0 Å². The molecule has 5 heteroatoms. The standard InChI is InChI=1S/C12H14Cl2FNO/c13-10-4-9(8-3-7(8)6-16)12(5-11(10)14)17-2-1-15/h4-5,7-8H,1-3,6,16H2. The zero-order valence-electron chi connectivity index (χ0n) is 9.26. The van der Waals surface area contributed by atoms with Crippen molar-refractivity contribution in [2.75, 3.05) is 19.8 Å². The van der Waals surface area contributed by atoms with Crippen molar-refractivity contribution in [1.82, 2.24) is 0 Å². The molecule has 1 aromatic carbocycles. The van der Waals surface area contributed by atoms with Gasteiger partial charge in [-0.25, -0.2) is 4.39 Å². The molecule has 1 aromatic rings. The van der Waals surface area contributed by atoms with Crippen LogP contribution in [0.15, 0.2) is 12.1 Å². The van der Waals surface area contributed by atoms with E-state index in [1.807, 2.05) is 0 Å². The first-order valence-electron chi connectivity index (χ1n) is 5.55. The Labute approximate surface area is 110 Å². The molecule has 1 fully saturated rings. The molecule has 2 nitrogen and oxygen atoms in total. The number of benzene rings is 1. The van der Waals surface area contributed by atoms with E-state index in [2.05, 4.69) is 0 Å². The van der Waals surface area contributed by atoms with Crippen LogP contribution in [0.2, 0.25) is 10.0 Å². The van der Waals surface area contributed by atoms with Crippen LogP contribution in [-0.4, -0.2) is 19.8 Å². The number of ether oxygens (including phenoxy) is 1. The molecule has 0 aliphatic heterocycles. The Morgan fingerprint density at radius 2 is 2.06 bits per heavy atom. The van der Waals surface area contributed by atoms with Gasteiger partial charge in [0.1, 0.15) is 19.0 Å². The summed E-state index contributed by atoms with van der Waals surface area (Å²) in [5.41, 5.74) is 6.61. The number of alkyl halides is 1. The molecule has 0 saturated heterocycles. The monoisotopic (exact) mass is 277 g/mol. The topological polar surface area (TPSA) is 35.2 Å². The second-order valence-corrected chi connectivity index (χ2v) is 4.99. The van der Waals surface area contributed by atoms with Crippen LogP contribution in [0.3, 0.4) is 0 Å². The second kappa shape index (κ2) is 5.42. The molecule has 0 heterocycles. The van der Waals surface area contributed by atoms with Gasteiger partial charge in [0.2, 0.25) is 0 Å². The average Bonchev–Trinajstić information content (AvgIpc) is 3.09. The van der Waals surface area contributed by atoms with E-state index < -0.39 is 6.67 Å². The molecule has 0 bridgehead atoms. The van der Waals surface area contributed by atoms with E-state index in [0.29, 0.717) is 34.2 Å². The van der Waals surface area contributed by atoms with Crippen molar-refractivity contribution in [2.24, 2.45) is 11.7 Å². The molecule has 94 valence electrons. The van der Waals surface area contributed by atoms with Crippen molar-refractivity contribution < 1.29 is 9.13 Å². The van der Waals surface area contributed by atoms with Crippen LogP contribution in [0.4, 0.5) is 4.39 Å². The van der Waals surface area contributed by atoms with Gasteiger partial charge in [-0.15, -0.1) is 0 Å². The van der Waals surface area contributed by atoms with E-state index in [0.717, 1.165) is 12.0 Å². The first-order valence-corrected chi connectivity index (χ1v) is 6.30. The Morgan fingerprint density at radius 3 is 2.65 bits per heavy atom. The lowest BCUT2D eigenvalue weighted by molar-refractivity contribution is 0.271. The van der Waals surface area contributed by atoms with Crippen molar-refractivity contribution in [3.05, 3.63) is 27.7 Å². The van der Waals surface area contributed by atoms with E-state index in [1.54, 1.807) is 12.1 Å². The highest BCUT2D eigenvalue weighted by Gasteiger charge is 2.39. The molecule has 1 aliphatic carbocycles. The molecule has 2 unspecified atom stereocenters. The van der Waals surface area contributed by atoms with Crippen molar-refractivity contribution in [2.45, 2.75) is 12.3 Å². The third-order valence-corrected chi connectivity index (χ3v) is 3.73. The SMILES string of the molecule is NCC1CC1c1cc(Cl)c(Cl)cc1OCCF. The third-order valence-electron chi connectivity index (χ3n) is 3.01. The highest BCUT2D eigenvalue weighted by atomic mass is 35.5. The predicted molar refractivity (Wildman–Crippen MR) is 67.8 cm³/mol. The number of halogens is 3. The van der Waals surface area contributed by atoms with E-state index in [4.69, 9.17) is 33.7 Å². The van der Waals surface area contributed by atoms with Gasteiger partial charge in [0, 0.05) is 6.07 Å². The number of hydrogen-bond acceptors (Lipinski definition) is 2. The van der Waals surface area contributed by atoms with Gasteiger partial charge >= 0.3 is 0 Å². The zero-order chi connectivity index (χ0) is 12.4. The molecule has 1 aliphatic rings. The lowest BCUT2D eigenvalue weighted by Crippen LogP contribution is -2.04. The highest BCUT2D eigenvalue weighted by Crippen LogP contribution is 2.51. The van der Waals surface area contributed by atoms with Crippen molar-refractivity contribution in [3.63, 3.8) is 0 Å². The maximum atomic E-state index is 12.1. The quantitative estimate of drug-likeness (QED) is 0.895. The van der Waals surface area contributed by atoms with E-state index >= 15 is 0 Å². The maximum absolute atomic E-state index is 12.1. The summed E-state index contributed by atoms with van der Waals surface area (Å²) in [6.07, 6.45) is 1.03. The fourth-order valence-corrected chi connectivity index (χ4v) is 2.32. The Bertz CT molecular complexity index is 414. The van der Waals surface area contributed by atoms with Gasteiger partial charge < -0.3 is 10.5 Å². The van der Waals surface area contributed by atoms with E-state index in [9.17, 15) is 4.39 Å². The molecule has 2 N–H and O–H groups in total. The highest BCUT2D eigenvalue weighted by molar-refractivity contribution is 6.42. The average molecular weight is 278 g/mol. The molecular formula is C12H14Cl2FNO. The van der Waals surface area contributed by atoms with Crippen molar-refractivity contribution in [1.29, 1.82) is 0 Å². The summed E-state index contributed by atoms with van der Waals surface area (Å²) in [7, 11) is 0. The van der Waals surface area contributed by atoms with Gasteiger partial charge in [-0.1, -0.05) is 23.2 Å². The summed E-state index contributed by atoms with van der Waals surface area (Å²) in [4.78, 5) is 0. The van der Waals surface area contributed by atoms with Crippen LogP contribution < -0.4 is 10.5 Å². The summed E-state index contributed by atoms with van der Waals surface area (Å²) in [5.74, 6) is 1.46. The first-order chi connectivity index (χ1) is 8.17. The van der Waals surface area contributed by atoms with Gasteiger partial charge in [-0.05, 0) is 36.4 Å². The van der Waals surface area contributed by atoms with Crippen LogP contribution in [0.5, 0.6) is 5.75 Å². The minimum absolute atomic E-state index is 0.0327. The van der Waals surface area contributed by atoms with E-state index in [1.165, 1.54) is 0 Å². The lowest BCUT2D eigenvalue weighted by atomic mass is 10.1. The molecule has 0 radical (unpaired) electrons. The largest absolute Gasteiger partial charge is 0.491 e. The van der Waals surface area contributed by atoms with Crippen molar-refractivity contribution in [3.8, 4) is 5.75 Å². The predicted octanol–water partition coefficient (Wildman–Crippen LogP) is 3.40. The Balaban J connectivity index is 2.25. The molecule has 0 aromatic heterocycles. The molecule has 2 atom stereocenters. The number of nitrogens with two attached hydrogens (primary N) is 1. The second-order valence-electron chi connectivity index (χ2n) is 4.18. The molecular weight excluding hydrogens is 264 g/mol. The van der Waals surface area contributed by atoms with Crippen LogP contribution in [0.1, 0.15) is 17.9 Å². The zero-order valence-corrected chi connectivity index (χ0v) is 10.8. The van der Waals surface area contributed by atoms with Gasteiger partial charge in [0.15, 0.2) is 0 Å². The number of rotatable bonds is 5. The molecule has 0 spiro atoms. The minimum Gasteiger partial charge on any atom is -0.491 e. The van der Waals surface area contributed by atoms with E-state index in [-0.39, 0.29) is 6.61 Å². The molecule has 0 amide bonds. The smallest absolute Gasteiger partial charge is 0.124 e. The Hall–Kier alpha value is -0.510. The number of hydrogen-bond donors (Lipinski definition) is 1. The first kappa shape index (κ1) is 12.9. The van der Waals surface area contributed by atoms with Gasteiger partial charge in [-0.3, -0.25) is 0 Å². The fourth-order valence-electron chi connectivity index (χ4n) is 2.00. The van der Waals surface area contributed by atoms with Gasteiger partial charge in [0.25, 0.3) is 0 Å². The summed E-state index contributed by atoms with van der Waals surface area (Å²) in [6.45, 7) is 0.156. The summed E-state index contributed by atoms with van der Waals surface area (Å²) in [6, 6.07) is 3.46. The van der Waals surface area contributed by atoms with Crippen LogP contribution in [0, 0.1) is 5.92 Å². The Morgan fingerprint density at radius 1 is 1.35 bits per heavy atom. The lowest BCUT2D eigenvalue weighted by Gasteiger charge is -2.12. The molecule has 1 saturated carbocycles. The Kier molecular flexibility index (Phi) is 4.13. The summed E-state index contributed by atoms with van der Waals surface area (Å²) < 4.78 is 17.5. The van der Waals surface area contributed by atoms with Gasteiger partial charge in [0.05, 0.1) is 10.0 Å². The fraction of sp³-hybridized carbons (Fsp3) is 0.500. The van der Waals surface area contributed by atoms with Crippen LogP contribution in [-0.2, 0) is 0 Å². The minimum atomic E-state index is -0.523. The summed E-state index contributed by atoms with van der Waals surface area (Å²) in [5, 5.41) is 0.922. The van der Waals surface area contributed by atoms with Crippen LogP contribution >= 0.6 is 23.2 Å². The normalized spacial score (nSPS) is 22.6. The third kappa shape index (κ3) is 2.84. The van der Waals surface area contributed by atoms with Crippen molar-refractivity contribution >= 4 is 23.2 Å². The maximum Gasteiger partial charge on any atom is 0.124 e. The molecule has 2 rings (SSSR count). The molecule has 17 heavy (non-hydrogen) atoms.